The molecule has 100 valence electrons. The van der Waals surface area contributed by atoms with Gasteiger partial charge < -0.3 is 0 Å². The van der Waals surface area contributed by atoms with Gasteiger partial charge in [0, 0.05) is 12.3 Å². The molecule has 0 saturated carbocycles. The van der Waals surface area contributed by atoms with E-state index in [4.69, 9.17) is 0 Å². The fourth-order valence-corrected chi connectivity index (χ4v) is 2.37. The van der Waals surface area contributed by atoms with E-state index in [-0.39, 0.29) is 4.90 Å². The number of rotatable bonds is 5. The molecule has 0 heterocycles. The highest BCUT2D eigenvalue weighted by Gasteiger charge is 2.23. The van der Waals surface area contributed by atoms with E-state index in [1.165, 1.54) is 31.2 Å². The average molecular weight is 277 g/mol. The Kier molecular flexibility index (Phi) is 4.77. The Morgan fingerprint density at radius 3 is 2.33 bits per heavy atom. The second-order valence-electron chi connectivity index (χ2n) is 3.81. The molecule has 0 aromatic heterocycles. The third kappa shape index (κ3) is 4.06. The van der Waals surface area contributed by atoms with Crippen LogP contribution < -0.4 is 4.72 Å². The third-order valence-electron chi connectivity index (χ3n) is 2.27. The fourth-order valence-electron chi connectivity index (χ4n) is 1.27. The maximum Gasteiger partial charge on any atom is 0.264 e. The van der Waals surface area contributed by atoms with Crippen LogP contribution in [0.15, 0.2) is 35.2 Å². The Balaban J connectivity index is 2.76. The summed E-state index contributed by atoms with van der Waals surface area (Å²) in [6.07, 6.45) is -3.32. The molecule has 1 rings (SSSR count). The summed E-state index contributed by atoms with van der Waals surface area (Å²) < 4.78 is 49.3. The summed E-state index contributed by atoms with van der Waals surface area (Å²) in [4.78, 5) is 11.4. The van der Waals surface area contributed by atoms with Gasteiger partial charge in [0.2, 0.25) is 12.3 Å². The summed E-state index contributed by atoms with van der Waals surface area (Å²) in [6, 6.07) is 7.25. The van der Waals surface area contributed by atoms with Crippen molar-refractivity contribution >= 4 is 15.9 Å². The zero-order valence-electron chi connectivity index (χ0n) is 9.64. The van der Waals surface area contributed by atoms with Crippen LogP contribution in [0.4, 0.5) is 8.78 Å². The van der Waals surface area contributed by atoms with Crippen LogP contribution in [-0.2, 0) is 14.8 Å². The van der Waals surface area contributed by atoms with Gasteiger partial charge in [0.05, 0.1) is 4.90 Å². The van der Waals surface area contributed by atoms with Gasteiger partial charge in [-0.15, -0.1) is 0 Å². The van der Waals surface area contributed by atoms with Crippen molar-refractivity contribution in [1.82, 2.24) is 4.72 Å². The zero-order chi connectivity index (χ0) is 13.8. The molecule has 7 heteroatoms. The molecular formula is C11H13F2NO3S. The predicted octanol–water partition coefficient (Wildman–Crippen LogP) is 1.78. The fraction of sp³-hybridized carbons (Fsp3) is 0.364. The Hall–Kier alpha value is -1.50. The van der Waals surface area contributed by atoms with Crippen LogP contribution in [0.2, 0.25) is 0 Å². The number of hydrogen-bond donors (Lipinski definition) is 1. The van der Waals surface area contributed by atoms with Crippen molar-refractivity contribution in [3.05, 3.63) is 30.3 Å². The van der Waals surface area contributed by atoms with Crippen LogP contribution in [-0.4, -0.2) is 20.8 Å². The molecule has 0 unspecified atom stereocenters. The number of amides is 1. The van der Waals surface area contributed by atoms with Crippen molar-refractivity contribution in [3.8, 4) is 0 Å². The molecule has 0 saturated heterocycles. The van der Waals surface area contributed by atoms with Crippen LogP contribution in [0.25, 0.3) is 0 Å². The van der Waals surface area contributed by atoms with E-state index in [1.54, 1.807) is 10.8 Å². The van der Waals surface area contributed by atoms with Gasteiger partial charge >= 0.3 is 0 Å². The monoisotopic (exact) mass is 277 g/mol. The molecule has 0 aliphatic heterocycles. The molecule has 0 spiro atoms. The normalized spacial score (nSPS) is 13.3. The molecule has 4 nitrogen and oxygen atoms in total. The standard InChI is InChI=1S/C11H13F2NO3S/c1-8(7-10(12)13)11(15)14-18(16,17)9-5-3-2-4-6-9/h2-6,8,10H,7H2,1H3,(H,14,15)/t8-/m0/s1. The first-order chi connectivity index (χ1) is 8.33. The van der Waals surface area contributed by atoms with E-state index < -0.39 is 34.7 Å². The van der Waals surface area contributed by atoms with Gasteiger partial charge in [-0.1, -0.05) is 25.1 Å². The Morgan fingerprint density at radius 1 is 1.28 bits per heavy atom. The summed E-state index contributed by atoms with van der Waals surface area (Å²) in [5.74, 6) is -2.00. The minimum atomic E-state index is -3.98. The van der Waals surface area contributed by atoms with E-state index >= 15 is 0 Å². The first kappa shape index (κ1) is 14.6. The lowest BCUT2D eigenvalue weighted by molar-refractivity contribution is -0.123. The molecule has 1 amide bonds. The molecule has 0 radical (unpaired) electrons. The van der Waals surface area contributed by atoms with Gasteiger partial charge in [-0.2, -0.15) is 0 Å². The summed E-state index contributed by atoms with van der Waals surface area (Å²) in [6.45, 7) is 1.25. The molecule has 0 bridgehead atoms. The Labute approximate surface area is 104 Å². The summed E-state index contributed by atoms with van der Waals surface area (Å²) >= 11 is 0. The third-order valence-corrected chi connectivity index (χ3v) is 3.63. The topological polar surface area (TPSA) is 63.2 Å². The Morgan fingerprint density at radius 2 is 1.83 bits per heavy atom. The van der Waals surface area contributed by atoms with Gasteiger partial charge in [0.1, 0.15) is 0 Å². The Bertz CT molecular complexity index is 502. The van der Waals surface area contributed by atoms with Gasteiger partial charge in [0.25, 0.3) is 10.0 Å². The summed E-state index contributed by atoms with van der Waals surface area (Å²) in [5.41, 5.74) is 0. The van der Waals surface area contributed by atoms with Crippen molar-refractivity contribution < 1.29 is 22.0 Å². The number of hydrogen-bond acceptors (Lipinski definition) is 3. The van der Waals surface area contributed by atoms with Crippen LogP contribution in [0.5, 0.6) is 0 Å². The van der Waals surface area contributed by atoms with Gasteiger partial charge in [-0.05, 0) is 12.1 Å². The quantitative estimate of drug-likeness (QED) is 0.892. The van der Waals surface area contributed by atoms with Gasteiger partial charge in [-0.3, -0.25) is 4.79 Å². The van der Waals surface area contributed by atoms with E-state index in [0.29, 0.717) is 0 Å². The number of carbonyl (C=O) groups is 1. The number of nitrogens with one attached hydrogen (secondary N) is 1. The van der Waals surface area contributed by atoms with Crippen LogP contribution in [0.3, 0.4) is 0 Å². The minimum absolute atomic E-state index is 0.0809. The number of halogens is 2. The summed E-state index contributed by atoms with van der Waals surface area (Å²) in [5, 5.41) is 0. The number of sulfonamides is 1. The lowest BCUT2D eigenvalue weighted by atomic mass is 10.1. The molecule has 0 aliphatic rings. The number of alkyl halides is 2. The largest absolute Gasteiger partial charge is 0.274 e. The van der Waals surface area contributed by atoms with Crippen LogP contribution in [0.1, 0.15) is 13.3 Å². The first-order valence-corrected chi connectivity index (χ1v) is 6.71. The highest BCUT2D eigenvalue weighted by molar-refractivity contribution is 7.90. The molecule has 1 aromatic rings. The highest BCUT2D eigenvalue weighted by Crippen LogP contribution is 2.12. The van der Waals surface area contributed by atoms with Crippen molar-refractivity contribution in [3.63, 3.8) is 0 Å². The van der Waals surface area contributed by atoms with Crippen LogP contribution >= 0.6 is 0 Å². The van der Waals surface area contributed by atoms with Crippen molar-refractivity contribution in [1.29, 1.82) is 0 Å². The lowest BCUT2D eigenvalue weighted by Gasteiger charge is -2.11. The van der Waals surface area contributed by atoms with Crippen molar-refractivity contribution in [2.45, 2.75) is 24.7 Å². The van der Waals surface area contributed by atoms with E-state index in [9.17, 15) is 22.0 Å². The maximum atomic E-state index is 12.1. The van der Waals surface area contributed by atoms with E-state index in [2.05, 4.69) is 0 Å². The summed E-state index contributed by atoms with van der Waals surface area (Å²) in [7, 11) is -3.98. The second kappa shape index (κ2) is 5.90. The number of carbonyl (C=O) groups excluding carboxylic acids is 1. The number of benzene rings is 1. The van der Waals surface area contributed by atoms with E-state index in [0.717, 1.165) is 0 Å². The van der Waals surface area contributed by atoms with Crippen molar-refractivity contribution in [2.75, 3.05) is 0 Å². The molecule has 18 heavy (non-hydrogen) atoms. The molecule has 1 aromatic carbocycles. The molecule has 1 N–H and O–H groups in total. The van der Waals surface area contributed by atoms with Gasteiger partial charge in [0.15, 0.2) is 0 Å². The second-order valence-corrected chi connectivity index (χ2v) is 5.49. The smallest absolute Gasteiger partial charge is 0.264 e. The zero-order valence-corrected chi connectivity index (χ0v) is 10.5. The first-order valence-electron chi connectivity index (χ1n) is 5.23. The average Bonchev–Trinajstić information content (AvgIpc) is 2.28. The van der Waals surface area contributed by atoms with Crippen LogP contribution in [0, 0.1) is 5.92 Å². The predicted molar refractivity (Wildman–Crippen MR) is 61.6 cm³/mol. The lowest BCUT2D eigenvalue weighted by Crippen LogP contribution is -2.35. The molecular weight excluding hydrogens is 264 g/mol. The van der Waals surface area contributed by atoms with Crippen molar-refractivity contribution in [2.24, 2.45) is 5.92 Å². The molecule has 1 atom stereocenters. The SMILES string of the molecule is C[C@@H](CC(F)F)C(=O)NS(=O)(=O)c1ccccc1. The molecule has 0 aliphatic carbocycles. The van der Waals surface area contributed by atoms with Gasteiger partial charge in [-0.25, -0.2) is 21.9 Å². The van der Waals surface area contributed by atoms with E-state index in [1.807, 2.05) is 0 Å². The maximum absolute atomic E-state index is 12.1. The minimum Gasteiger partial charge on any atom is -0.274 e. The molecule has 0 fully saturated rings. The highest BCUT2D eigenvalue weighted by atomic mass is 32.2.